The van der Waals surface area contributed by atoms with Crippen molar-refractivity contribution >= 4 is 33.4 Å². The van der Waals surface area contributed by atoms with Gasteiger partial charge in [0, 0.05) is 51.5 Å². The van der Waals surface area contributed by atoms with Gasteiger partial charge in [-0.25, -0.2) is 14.8 Å². The molecule has 1 saturated heterocycles. The number of carbonyl (C=O) groups excluding carboxylic acids is 1. The first-order valence-electron chi connectivity index (χ1n) is 10.1. The fraction of sp³-hybridized carbons (Fsp3) is 0.450. The molecule has 9 nitrogen and oxygen atoms in total. The number of nitrogens with zero attached hydrogens (tertiary/aromatic N) is 5. The van der Waals surface area contributed by atoms with E-state index >= 15 is 0 Å². The van der Waals surface area contributed by atoms with E-state index in [1.807, 2.05) is 4.90 Å². The summed E-state index contributed by atoms with van der Waals surface area (Å²) in [6.07, 6.45) is 6.15. The number of rotatable bonds is 7. The zero-order valence-electron chi connectivity index (χ0n) is 16.6. The monoisotopic (exact) mass is 428 g/mol. The zero-order chi connectivity index (χ0) is 20.9. The highest BCUT2D eigenvalue weighted by atomic mass is 32.1. The minimum absolute atomic E-state index is 0.152. The molecule has 0 bridgehead atoms. The number of hydrogen-bond acceptors (Lipinski definition) is 7. The van der Waals surface area contributed by atoms with Crippen LogP contribution in [-0.2, 0) is 11.3 Å². The molecular weight excluding hydrogens is 404 g/mol. The molecule has 1 aliphatic heterocycles. The molecule has 1 N–H and O–H groups in total. The summed E-state index contributed by atoms with van der Waals surface area (Å²) in [5, 5.41) is 1.80. The van der Waals surface area contributed by atoms with E-state index in [-0.39, 0.29) is 17.2 Å². The van der Waals surface area contributed by atoms with Gasteiger partial charge in [-0.15, -0.1) is 11.3 Å². The van der Waals surface area contributed by atoms with Crippen LogP contribution in [-0.4, -0.2) is 56.5 Å². The third-order valence-electron chi connectivity index (χ3n) is 5.33. The highest BCUT2D eigenvalue weighted by Crippen LogP contribution is 2.13. The molecule has 0 atom stereocenters. The fourth-order valence-corrected chi connectivity index (χ4v) is 4.46. The third kappa shape index (κ3) is 4.43. The minimum Gasteiger partial charge on any atom is -0.339 e. The summed E-state index contributed by atoms with van der Waals surface area (Å²) < 4.78 is 1.83. The van der Waals surface area contributed by atoms with Gasteiger partial charge in [0.05, 0.1) is 5.52 Å². The molecular formula is C20H24N6O3S. The molecule has 0 unspecified atom stereocenters. The van der Waals surface area contributed by atoms with Crippen molar-refractivity contribution in [2.75, 3.05) is 31.1 Å². The summed E-state index contributed by atoms with van der Waals surface area (Å²) in [5.41, 5.74) is -0.0156. The lowest BCUT2D eigenvalue weighted by molar-refractivity contribution is -0.131. The number of fused-ring (bicyclic) bond motifs is 1. The van der Waals surface area contributed by atoms with Crippen molar-refractivity contribution in [3.05, 3.63) is 50.7 Å². The number of aromatic nitrogens is 4. The Bertz CT molecular complexity index is 1110. The van der Waals surface area contributed by atoms with Crippen molar-refractivity contribution < 1.29 is 4.79 Å². The van der Waals surface area contributed by atoms with E-state index in [2.05, 4.69) is 19.9 Å². The van der Waals surface area contributed by atoms with Crippen molar-refractivity contribution in [3.8, 4) is 0 Å². The predicted molar refractivity (Wildman–Crippen MR) is 116 cm³/mol. The molecule has 4 rings (SSSR count). The maximum Gasteiger partial charge on any atom is 0.328 e. The van der Waals surface area contributed by atoms with E-state index in [4.69, 9.17) is 0 Å². The van der Waals surface area contributed by atoms with Crippen molar-refractivity contribution in [2.45, 2.75) is 32.2 Å². The largest absolute Gasteiger partial charge is 0.339 e. The molecule has 1 aliphatic rings. The van der Waals surface area contributed by atoms with Crippen LogP contribution in [0.25, 0.3) is 10.2 Å². The van der Waals surface area contributed by atoms with Gasteiger partial charge in [0.2, 0.25) is 11.9 Å². The van der Waals surface area contributed by atoms with Gasteiger partial charge in [0.1, 0.15) is 4.70 Å². The molecule has 3 aromatic heterocycles. The van der Waals surface area contributed by atoms with Crippen molar-refractivity contribution in [3.63, 3.8) is 0 Å². The second kappa shape index (κ2) is 9.21. The molecule has 0 aromatic carbocycles. The van der Waals surface area contributed by atoms with Crippen LogP contribution in [0.15, 0.2) is 39.5 Å². The van der Waals surface area contributed by atoms with Gasteiger partial charge in [-0.1, -0.05) is 6.42 Å². The second-order valence-corrected chi connectivity index (χ2v) is 8.19. The van der Waals surface area contributed by atoms with Crippen LogP contribution in [0.1, 0.15) is 25.7 Å². The van der Waals surface area contributed by atoms with E-state index < -0.39 is 0 Å². The lowest BCUT2D eigenvalue weighted by Crippen LogP contribution is -2.49. The molecule has 0 spiro atoms. The maximum atomic E-state index is 12.5. The molecule has 30 heavy (non-hydrogen) atoms. The molecule has 1 amide bonds. The number of nitrogens with one attached hydrogen (secondary N) is 1. The van der Waals surface area contributed by atoms with Crippen LogP contribution >= 0.6 is 11.3 Å². The Kier molecular flexibility index (Phi) is 6.22. The van der Waals surface area contributed by atoms with Gasteiger partial charge >= 0.3 is 5.69 Å². The number of amides is 1. The summed E-state index contributed by atoms with van der Waals surface area (Å²) in [4.78, 5) is 52.2. The summed E-state index contributed by atoms with van der Waals surface area (Å²) in [6, 6.07) is 3.53. The van der Waals surface area contributed by atoms with Gasteiger partial charge in [-0.3, -0.25) is 14.2 Å². The average molecular weight is 429 g/mol. The van der Waals surface area contributed by atoms with E-state index in [0.29, 0.717) is 48.6 Å². The van der Waals surface area contributed by atoms with E-state index in [0.717, 1.165) is 25.9 Å². The number of unbranched alkanes of at least 4 members (excludes halogenated alkanes) is 2. The van der Waals surface area contributed by atoms with Crippen molar-refractivity contribution in [1.82, 2.24) is 24.4 Å². The maximum absolute atomic E-state index is 12.5. The number of anilines is 1. The Morgan fingerprint density at radius 3 is 2.60 bits per heavy atom. The first-order valence-corrected chi connectivity index (χ1v) is 11.0. The molecule has 0 aliphatic carbocycles. The van der Waals surface area contributed by atoms with Gasteiger partial charge in [0.15, 0.2) is 0 Å². The Morgan fingerprint density at radius 2 is 1.83 bits per heavy atom. The van der Waals surface area contributed by atoms with Gasteiger partial charge in [-0.2, -0.15) is 0 Å². The Labute approximate surface area is 177 Å². The zero-order valence-corrected chi connectivity index (χ0v) is 17.4. The molecule has 0 radical (unpaired) electrons. The standard InChI is InChI=1S/C20H24N6O3S/c27-16(24-10-12-25(13-11-24)19-21-7-4-8-22-19)5-2-1-3-9-26-18(28)17-15(6-14-30-17)23-20(26)29/h4,6-8,14H,1-3,5,9-13H2,(H,23,29). The SMILES string of the molecule is O=C(CCCCCn1c(=O)[nH]c2ccsc2c1=O)N1CCN(c2ncccn2)CC1. The smallest absolute Gasteiger partial charge is 0.328 e. The number of hydrogen-bond donors (Lipinski definition) is 1. The molecule has 3 aromatic rings. The van der Waals surface area contributed by atoms with Crippen LogP contribution in [0.4, 0.5) is 5.95 Å². The van der Waals surface area contributed by atoms with Gasteiger partial charge in [-0.05, 0) is 30.4 Å². The highest BCUT2D eigenvalue weighted by molar-refractivity contribution is 7.17. The summed E-state index contributed by atoms with van der Waals surface area (Å²) in [6.45, 7) is 3.16. The van der Waals surface area contributed by atoms with Crippen molar-refractivity contribution in [2.24, 2.45) is 0 Å². The lowest BCUT2D eigenvalue weighted by atomic mass is 10.1. The first-order chi connectivity index (χ1) is 14.6. The number of aromatic amines is 1. The molecule has 4 heterocycles. The van der Waals surface area contributed by atoms with Crippen LogP contribution in [0, 0.1) is 0 Å². The molecule has 1 fully saturated rings. The second-order valence-electron chi connectivity index (χ2n) is 7.28. The van der Waals surface area contributed by atoms with Crippen LogP contribution in [0.2, 0.25) is 0 Å². The normalized spacial score (nSPS) is 14.4. The van der Waals surface area contributed by atoms with E-state index in [9.17, 15) is 14.4 Å². The van der Waals surface area contributed by atoms with Crippen molar-refractivity contribution in [1.29, 1.82) is 0 Å². The topological polar surface area (TPSA) is 104 Å². The Morgan fingerprint density at radius 1 is 1.07 bits per heavy atom. The number of H-pyrrole nitrogens is 1. The third-order valence-corrected chi connectivity index (χ3v) is 6.23. The number of carbonyl (C=O) groups is 1. The molecule has 10 heteroatoms. The summed E-state index contributed by atoms with van der Waals surface area (Å²) >= 11 is 1.33. The van der Waals surface area contributed by atoms with E-state index in [1.54, 1.807) is 29.9 Å². The highest BCUT2D eigenvalue weighted by Gasteiger charge is 2.22. The predicted octanol–water partition coefficient (Wildman–Crippen LogP) is 1.45. The first kappa shape index (κ1) is 20.3. The number of piperazine rings is 1. The van der Waals surface area contributed by atoms with Gasteiger partial charge in [0.25, 0.3) is 5.56 Å². The van der Waals surface area contributed by atoms with Crippen LogP contribution < -0.4 is 16.1 Å². The molecule has 0 saturated carbocycles. The average Bonchev–Trinajstić information content (AvgIpc) is 3.24. The van der Waals surface area contributed by atoms with Crippen LogP contribution in [0.3, 0.4) is 0 Å². The fourth-order valence-electron chi connectivity index (χ4n) is 3.67. The van der Waals surface area contributed by atoms with Crippen LogP contribution in [0.5, 0.6) is 0 Å². The summed E-state index contributed by atoms with van der Waals surface area (Å²) in [5.74, 6) is 0.856. The minimum atomic E-state index is -0.373. The molecule has 158 valence electrons. The summed E-state index contributed by atoms with van der Waals surface area (Å²) in [7, 11) is 0. The number of thiophene rings is 1. The van der Waals surface area contributed by atoms with E-state index in [1.165, 1.54) is 15.9 Å². The lowest BCUT2D eigenvalue weighted by Gasteiger charge is -2.34. The quantitative estimate of drug-likeness (QED) is 0.571. The Hall–Kier alpha value is -3.01. The van der Waals surface area contributed by atoms with Gasteiger partial charge < -0.3 is 14.8 Å². The Balaban J connectivity index is 1.20.